The molecule has 0 amide bonds. The Labute approximate surface area is 118 Å². The van der Waals surface area contributed by atoms with Gasteiger partial charge in [0.25, 0.3) is 0 Å². The monoisotopic (exact) mass is 302 g/mol. The summed E-state index contributed by atoms with van der Waals surface area (Å²) >= 11 is 0. The fourth-order valence-electron chi connectivity index (χ4n) is 2.28. The zero-order chi connectivity index (χ0) is 15.0. The van der Waals surface area contributed by atoms with E-state index in [1.165, 1.54) is 16.4 Å². The number of rotatable bonds is 3. The summed E-state index contributed by atoms with van der Waals surface area (Å²) in [5.74, 6) is -0.493. The highest BCUT2D eigenvalue weighted by Gasteiger charge is 2.39. The van der Waals surface area contributed by atoms with Gasteiger partial charge in [-0.1, -0.05) is 0 Å². The van der Waals surface area contributed by atoms with Crippen LogP contribution in [-0.2, 0) is 21.3 Å². The fourth-order valence-corrected chi connectivity index (χ4v) is 4.09. The molecule has 112 valence electrons. The lowest BCUT2D eigenvalue weighted by Gasteiger charge is -2.40. The molecule has 1 saturated heterocycles. The highest BCUT2D eigenvalue weighted by Crippen LogP contribution is 2.28. The number of benzene rings is 1. The molecule has 0 unspecified atom stereocenters. The van der Waals surface area contributed by atoms with E-state index >= 15 is 0 Å². The molecule has 0 spiro atoms. The van der Waals surface area contributed by atoms with E-state index in [-0.39, 0.29) is 23.5 Å². The van der Waals surface area contributed by atoms with Crippen LogP contribution in [0.2, 0.25) is 0 Å². The second-order valence-corrected chi connectivity index (χ2v) is 7.26. The lowest BCUT2D eigenvalue weighted by atomic mass is 10.1. The summed E-state index contributed by atoms with van der Waals surface area (Å²) in [5, 5.41) is 0. The molecule has 5 nitrogen and oxygen atoms in total. The van der Waals surface area contributed by atoms with Crippen molar-refractivity contribution in [2.45, 2.75) is 30.8 Å². The van der Waals surface area contributed by atoms with Crippen molar-refractivity contribution >= 4 is 10.0 Å². The lowest BCUT2D eigenvalue weighted by Crippen LogP contribution is -2.55. The Morgan fingerprint density at radius 3 is 2.75 bits per heavy atom. The molecule has 1 heterocycles. The summed E-state index contributed by atoms with van der Waals surface area (Å²) in [4.78, 5) is 0.0642. The van der Waals surface area contributed by atoms with Crippen LogP contribution in [0.4, 0.5) is 4.39 Å². The number of ether oxygens (including phenoxy) is 1. The third-order valence-corrected chi connectivity index (χ3v) is 5.50. The maximum atomic E-state index is 13.4. The number of nitrogens with two attached hydrogens (primary N) is 1. The van der Waals surface area contributed by atoms with Crippen molar-refractivity contribution in [3.63, 3.8) is 0 Å². The Kier molecular flexibility index (Phi) is 4.15. The van der Waals surface area contributed by atoms with Crippen LogP contribution < -0.4 is 5.73 Å². The standard InChI is InChI=1S/C13H19FN2O3S/c1-13(2)9-19-6-5-16(13)20(17,18)11-3-4-12(14)10(7-11)8-15/h3-4,7H,5-6,8-9,15H2,1-2H3. The summed E-state index contributed by atoms with van der Waals surface area (Å²) in [5.41, 5.74) is 4.99. The second kappa shape index (κ2) is 5.40. The number of hydrogen-bond donors (Lipinski definition) is 1. The van der Waals surface area contributed by atoms with Gasteiger partial charge in [-0.2, -0.15) is 4.31 Å². The molecule has 20 heavy (non-hydrogen) atoms. The van der Waals surface area contributed by atoms with Gasteiger partial charge in [0.2, 0.25) is 10.0 Å². The number of hydrogen-bond acceptors (Lipinski definition) is 4. The van der Waals surface area contributed by atoms with Gasteiger partial charge in [0.15, 0.2) is 0 Å². The molecule has 1 fully saturated rings. The first kappa shape index (κ1) is 15.4. The van der Waals surface area contributed by atoms with Crippen LogP contribution in [-0.4, -0.2) is 38.0 Å². The van der Waals surface area contributed by atoms with Crippen LogP contribution >= 0.6 is 0 Å². The van der Waals surface area contributed by atoms with Gasteiger partial charge in [-0.05, 0) is 32.0 Å². The van der Waals surface area contributed by atoms with Gasteiger partial charge < -0.3 is 10.5 Å². The minimum atomic E-state index is -3.69. The molecule has 1 aromatic rings. The number of nitrogens with zero attached hydrogens (tertiary/aromatic N) is 1. The van der Waals surface area contributed by atoms with Crippen molar-refractivity contribution in [2.75, 3.05) is 19.8 Å². The Morgan fingerprint density at radius 1 is 1.45 bits per heavy atom. The van der Waals surface area contributed by atoms with Crippen molar-refractivity contribution in [3.05, 3.63) is 29.6 Å². The zero-order valence-corrected chi connectivity index (χ0v) is 12.4. The highest BCUT2D eigenvalue weighted by molar-refractivity contribution is 7.89. The van der Waals surface area contributed by atoms with E-state index in [1.54, 1.807) is 13.8 Å². The maximum absolute atomic E-state index is 13.4. The van der Waals surface area contributed by atoms with Crippen LogP contribution in [0, 0.1) is 5.82 Å². The molecule has 1 aliphatic rings. The molecule has 1 aliphatic heterocycles. The van der Waals surface area contributed by atoms with Crippen LogP contribution in [0.5, 0.6) is 0 Å². The molecule has 7 heteroatoms. The molecule has 2 rings (SSSR count). The molecular formula is C13H19FN2O3S. The van der Waals surface area contributed by atoms with E-state index in [2.05, 4.69) is 0 Å². The molecule has 0 saturated carbocycles. The summed E-state index contributed by atoms with van der Waals surface area (Å²) < 4.78 is 45.5. The first-order chi connectivity index (χ1) is 9.29. The number of halogens is 1. The lowest BCUT2D eigenvalue weighted by molar-refractivity contribution is -0.00771. The Balaban J connectivity index is 2.44. The van der Waals surface area contributed by atoms with Gasteiger partial charge in [0, 0.05) is 18.7 Å². The van der Waals surface area contributed by atoms with Gasteiger partial charge in [-0.25, -0.2) is 12.8 Å². The predicted octanol–water partition coefficient (Wildman–Crippen LogP) is 1.08. The quantitative estimate of drug-likeness (QED) is 0.907. The van der Waals surface area contributed by atoms with Crippen molar-refractivity contribution < 1.29 is 17.5 Å². The Hall–Kier alpha value is -1.02. The minimum Gasteiger partial charge on any atom is -0.378 e. The van der Waals surface area contributed by atoms with Crippen LogP contribution in [0.25, 0.3) is 0 Å². The largest absolute Gasteiger partial charge is 0.378 e. The molecule has 0 aliphatic carbocycles. The summed E-state index contributed by atoms with van der Waals surface area (Å²) in [7, 11) is -3.69. The molecule has 0 aromatic heterocycles. The van der Waals surface area contributed by atoms with Crippen LogP contribution in [0.3, 0.4) is 0 Å². The van der Waals surface area contributed by atoms with Crippen molar-refractivity contribution in [2.24, 2.45) is 5.73 Å². The van der Waals surface area contributed by atoms with Crippen molar-refractivity contribution in [3.8, 4) is 0 Å². The normalized spacial score (nSPS) is 20.0. The van der Waals surface area contributed by atoms with Gasteiger partial charge in [-0.3, -0.25) is 0 Å². The Morgan fingerprint density at radius 2 is 2.15 bits per heavy atom. The van der Waals surface area contributed by atoms with E-state index in [9.17, 15) is 12.8 Å². The topological polar surface area (TPSA) is 72.6 Å². The molecule has 0 atom stereocenters. The molecule has 2 N–H and O–H groups in total. The molecule has 1 aromatic carbocycles. The number of morpholine rings is 1. The van der Waals surface area contributed by atoms with Gasteiger partial charge in [-0.15, -0.1) is 0 Å². The van der Waals surface area contributed by atoms with E-state index in [0.29, 0.717) is 13.2 Å². The maximum Gasteiger partial charge on any atom is 0.243 e. The predicted molar refractivity (Wildman–Crippen MR) is 73.1 cm³/mol. The smallest absolute Gasteiger partial charge is 0.243 e. The van der Waals surface area contributed by atoms with Crippen molar-refractivity contribution in [1.82, 2.24) is 4.31 Å². The van der Waals surface area contributed by atoms with Gasteiger partial charge in [0.05, 0.1) is 23.6 Å². The fraction of sp³-hybridized carbons (Fsp3) is 0.538. The summed E-state index contributed by atoms with van der Waals surface area (Å²) in [6, 6.07) is 3.72. The summed E-state index contributed by atoms with van der Waals surface area (Å²) in [6.07, 6.45) is 0. The van der Waals surface area contributed by atoms with E-state index < -0.39 is 21.4 Å². The second-order valence-electron chi connectivity index (χ2n) is 5.40. The average Bonchev–Trinajstić information content (AvgIpc) is 2.38. The van der Waals surface area contributed by atoms with Crippen LogP contribution in [0.15, 0.2) is 23.1 Å². The van der Waals surface area contributed by atoms with Crippen molar-refractivity contribution in [1.29, 1.82) is 0 Å². The Bertz CT molecular complexity index is 602. The van der Waals surface area contributed by atoms with Crippen LogP contribution in [0.1, 0.15) is 19.4 Å². The number of sulfonamides is 1. The minimum absolute atomic E-state index is 0.0400. The van der Waals surface area contributed by atoms with E-state index in [0.717, 1.165) is 6.07 Å². The SMILES string of the molecule is CC1(C)COCCN1S(=O)(=O)c1ccc(F)c(CN)c1. The summed E-state index contributed by atoms with van der Waals surface area (Å²) in [6.45, 7) is 4.53. The van der Waals surface area contributed by atoms with Gasteiger partial charge >= 0.3 is 0 Å². The zero-order valence-electron chi connectivity index (χ0n) is 11.6. The van der Waals surface area contributed by atoms with Gasteiger partial charge in [0.1, 0.15) is 5.82 Å². The highest BCUT2D eigenvalue weighted by atomic mass is 32.2. The van der Waals surface area contributed by atoms with E-state index in [1.807, 2.05) is 0 Å². The first-order valence-corrected chi connectivity index (χ1v) is 7.82. The van der Waals surface area contributed by atoms with E-state index in [4.69, 9.17) is 10.5 Å². The average molecular weight is 302 g/mol. The molecule has 0 radical (unpaired) electrons. The molecule has 0 bridgehead atoms. The third-order valence-electron chi connectivity index (χ3n) is 3.39. The third kappa shape index (κ3) is 2.71. The first-order valence-electron chi connectivity index (χ1n) is 6.38. The molecular weight excluding hydrogens is 283 g/mol.